The fourth-order valence-electron chi connectivity index (χ4n) is 1.59. The van der Waals surface area contributed by atoms with Gasteiger partial charge >= 0.3 is 0 Å². The highest BCUT2D eigenvalue weighted by Crippen LogP contribution is 2.25. The molecule has 0 radical (unpaired) electrons. The molecule has 4 heteroatoms. The smallest absolute Gasteiger partial charge is 0.251 e. The van der Waals surface area contributed by atoms with Crippen LogP contribution in [0, 0.1) is 6.92 Å². The molecular weight excluding hydrogens is 257 g/mol. The molecule has 88 valence electrons. The van der Waals surface area contributed by atoms with Gasteiger partial charge in [0.2, 0.25) is 0 Å². The fraction of sp³-hybridized carbons (Fsp3) is 0.154. The zero-order chi connectivity index (χ0) is 12.4. The lowest BCUT2D eigenvalue weighted by Gasteiger charge is -2.08. The predicted molar refractivity (Wildman–Crippen MR) is 71.0 cm³/mol. The number of hydrogen-bond donors (Lipinski definition) is 0. The van der Waals surface area contributed by atoms with Gasteiger partial charge in [0.05, 0.1) is 16.6 Å². The van der Waals surface area contributed by atoms with Crippen molar-refractivity contribution in [1.29, 1.82) is 0 Å². The summed E-state index contributed by atoms with van der Waals surface area (Å²) < 4.78 is 1.60. The van der Waals surface area contributed by atoms with Crippen molar-refractivity contribution in [1.82, 2.24) is 4.57 Å². The first-order valence-corrected chi connectivity index (χ1v) is 5.93. The maximum atomic E-state index is 11.7. The van der Waals surface area contributed by atoms with Crippen molar-refractivity contribution in [2.75, 3.05) is 0 Å². The van der Waals surface area contributed by atoms with Crippen molar-refractivity contribution >= 4 is 23.2 Å². The molecule has 2 rings (SSSR count). The van der Waals surface area contributed by atoms with Crippen LogP contribution in [0.1, 0.15) is 11.1 Å². The van der Waals surface area contributed by atoms with Crippen molar-refractivity contribution in [2.45, 2.75) is 13.5 Å². The van der Waals surface area contributed by atoms with E-state index >= 15 is 0 Å². The van der Waals surface area contributed by atoms with E-state index in [9.17, 15) is 4.79 Å². The summed E-state index contributed by atoms with van der Waals surface area (Å²) in [5, 5.41) is 1.01. The molecule has 0 fully saturated rings. The lowest BCUT2D eigenvalue weighted by atomic mass is 10.2. The topological polar surface area (TPSA) is 22.0 Å². The molecule has 0 aliphatic heterocycles. The third-order valence-electron chi connectivity index (χ3n) is 2.52. The van der Waals surface area contributed by atoms with E-state index in [2.05, 4.69) is 0 Å². The van der Waals surface area contributed by atoms with Gasteiger partial charge in [-0.1, -0.05) is 35.3 Å². The van der Waals surface area contributed by atoms with Gasteiger partial charge in [-0.15, -0.1) is 0 Å². The maximum absolute atomic E-state index is 11.7. The molecule has 1 aromatic heterocycles. The zero-order valence-electron chi connectivity index (χ0n) is 9.28. The summed E-state index contributed by atoms with van der Waals surface area (Å²) in [5.41, 5.74) is 1.75. The van der Waals surface area contributed by atoms with E-state index in [1.807, 2.05) is 25.1 Å². The number of aryl methyl sites for hydroxylation is 1. The molecule has 0 spiro atoms. The summed E-state index contributed by atoms with van der Waals surface area (Å²) in [6, 6.07) is 8.90. The van der Waals surface area contributed by atoms with Crippen LogP contribution in [-0.4, -0.2) is 4.57 Å². The Bertz CT molecular complexity index is 605. The number of rotatable bonds is 2. The molecule has 0 aliphatic carbocycles. The van der Waals surface area contributed by atoms with Gasteiger partial charge in [0.25, 0.3) is 5.56 Å². The van der Waals surface area contributed by atoms with Crippen molar-refractivity contribution in [3.63, 3.8) is 0 Å². The second-order valence-electron chi connectivity index (χ2n) is 3.88. The molecular formula is C13H11Cl2NO. The quantitative estimate of drug-likeness (QED) is 0.816. The van der Waals surface area contributed by atoms with Crippen LogP contribution in [0.3, 0.4) is 0 Å². The highest BCUT2D eigenvalue weighted by atomic mass is 35.5. The average molecular weight is 268 g/mol. The van der Waals surface area contributed by atoms with E-state index in [-0.39, 0.29) is 5.56 Å². The molecule has 2 nitrogen and oxygen atoms in total. The van der Waals surface area contributed by atoms with Gasteiger partial charge in [0.1, 0.15) is 0 Å². The Labute approximate surface area is 109 Å². The van der Waals surface area contributed by atoms with Crippen LogP contribution in [-0.2, 0) is 6.54 Å². The van der Waals surface area contributed by atoms with Gasteiger partial charge in [0, 0.05) is 12.3 Å². The van der Waals surface area contributed by atoms with Gasteiger partial charge in [-0.05, 0) is 30.2 Å². The summed E-state index contributed by atoms with van der Waals surface area (Å²) in [5.74, 6) is 0. The summed E-state index contributed by atoms with van der Waals surface area (Å²) in [4.78, 5) is 11.7. The van der Waals surface area contributed by atoms with Gasteiger partial charge in [-0.3, -0.25) is 4.79 Å². The maximum Gasteiger partial charge on any atom is 0.251 e. The molecule has 2 aromatic rings. The van der Waals surface area contributed by atoms with Gasteiger partial charge < -0.3 is 4.57 Å². The average Bonchev–Trinajstić information content (AvgIpc) is 2.28. The van der Waals surface area contributed by atoms with Gasteiger partial charge in [-0.25, -0.2) is 0 Å². The molecule has 0 atom stereocenters. The Hall–Kier alpha value is -1.25. The van der Waals surface area contributed by atoms with Crippen LogP contribution in [0.4, 0.5) is 0 Å². The number of benzene rings is 1. The monoisotopic (exact) mass is 267 g/mol. The molecule has 17 heavy (non-hydrogen) atoms. The molecule has 0 saturated carbocycles. The van der Waals surface area contributed by atoms with Gasteiger partial charge in [0.15, 0.2) is 0 Å². The van der Waals surface area contributed by atoms with E-state index in [0.717, 1.165) is 11.1 Å². The van der Waals surface area contributed by atoms with E-state index < -0.39 is 0 Å². The number of hydrogen-bond acceptors (Lipinski definition) is 1. The first-order chi connectivity index (χ1) is 8.08. The van der Waals surface area contributed by atoms with Crippen molar-refractivity contribution in [2.24, 2.45) is 0 Å². The summed E-state index contributed by atoms with van der Waals surface area (Å²) >= 11 is 12.0. The number of pyridine rings is 1. The lowest BCUT2D eigenvalue weighted by Crippen LogP contribution is -2.19. The van der Waals surface area contributed by atoms with E-state index in [1.165, 1.54) is 0 Å². The largest absolute Gasteiger partial charge is 0.311 e. The van der Waals surface area contributed by atoms with E-state index in [4.69, 9.17) is 23.2 Å². The van der Waals surface area contributed by atoms with Crippen LogP contribution < -0.4 is 5.56 Å². The summed E-state index contributed by atoms with van der Waals surface area (Å²) in [7, 11) is 0. The van der Waals surface area contributed by atoms with E-state index in [0.29, 0.717) is 16.6 Å². The first-order valence-electron chi connectivity index (χ1n) is 5.18. The Morgan fingerprint density at radius 3 is 2.71 bits per heavy atom. The number of nitrogens with zero attached hydrogens (tertiary/aromatic N) is 1. The Morgan fingerprint density at radius 1 is 1.24 bits per heavy atom. The fourth-order valence-corrected chi connectivity index (χ4v) is 1.97. The molecule has 0 amide bonds. The Balaban J connectivity index is 2.38. The lowest BCUT2D eigenvalue weighted by molar-refractivity contribution is 0.757. The normalized spacial score (nSPS) is 10.5. The molecule has 0 unspecified atom stereocenters. The van der Waals surface area contributed by atoms with Crippen molar-refractivity contribution in [3.05, 3.63) is 68.1 Å². The van der Waals surface area contributed by atoms with Crippen LogP contribution in [0.5, 0.6) is 0 Å². The minimum atomic E-state index is -0.0407. The zero-order valence-corrected chi connectivity index (χ0v) is 10.8. The Morgan fingerprint density at radius 2 is 2.00 bits per heavy atom. The molecule has 0 N–H and O–H groups in total. The minimum absolute atomic E-state index is 0.0407. The predicted octanol–water partition coefficient (Wildman–Crippen LogP) is 3.51. The molecule has 1 aromatic carbocycles. The number of aromatic nitrogens is 1. The van der Waals surface area contributed by atoms with Crippen LogP contribution in [0.15, 0.2) is 41.3 Å². The molecule has 0 bridgehead atoms. The molecule has 1 heterocycles. The third-order valence-corrected chi connectivity index (χ3v) is 3.38. The number of halogens is 2. The minimum Gasteiger partial charge on any atom is -0.311 e. The summed E-state index contributed by atoms with van der Waals surface area (Å²) in [6.45, 7) is 2.32. The second kappa shape index (κ2) is 4.94. The third kappa shape index (κ3) is 2.71. The molecule has 0 saturated heterocycles. The highest BCUT2D eigenvalue weighted by Gasteiger charge is 2.05. The molecule has 0 aliphatic rings. The van der Waals surface area contributed by atoms with Crippen LogP contribution in [0.25, 0.3) is 0 Å². The summed E-state index contributed by atoms with van der Waals surface area (Å²) in [6.07, 6.45) is 1.76. The van der Waals surface area contributed by atoms with Gasteiger partial charge in [-0.2, -0.15) is 0 Å². The van der Waals surface area contributed by atoms with Crippen molar-refractivity contribution < 1.29 is 0 Å². The van der Waals surface area contributed by atoms with Crippen molar-refractivity contribution in [3.8, 4) is 0 Å². The standard InChI is InChI=1S/C13H11Cl2NO/c1-9-5-6-16(12(17)7-9)8-10-3-2-4-11(14)13(10)15/h2-7H,8H2,1H3. The Kier molecular flexibility index (Phi) is 3.55. The first kappa shape index (κ1) is 12.2. The van der Waals surface area contributed by atoms with Crippen LogP contribution in [0.2, 0.25) is 10.0 Å². The highest BCUT2D eigenvalue weighted by molar-refractivity contribution is 6.42. The second-order valence-corrected chi connectivity index (χ2v) is 4.67. The van der Waals surface area contributed by atoms with Crippen LogP contribution >= 0.6 is 23.2 Å². The SMILES string of the molecule is Cc1ccn(Cc2cccc(Cl)c2Cl)c(=O)c1. The van der Waals surface area contributed by atoms with E-state index in [1.54, 1.807) is 22.9 Å².